The zero-order chi connectivity index (χ0) is 23.4. The van der Waals surface area contributed by atoms with Gasteiger partial charge >= 0.3 is 0 Å². The van der Waals surface area contributed by atoms with E-state index in [-0.39, 0.29) is 17.3 Å². The number of carbonyl (C=O) groups is 1. The van der Waals surface area contributed by atoms with Crippen molar-refractivity contribution in [1.29, 1.82) is 0 Å². The minimum Gasteiger partial charge on any atom is -0.494 e. The number of nitrogens with one attached hydrogen (secondary N) is 1. The Morgan fingerprint density at radius 2 is 1.94 bits per heavy atom. The molecule has 0 atom stereocenters. The predicted octanol–water partition coefficient (Wildman–Crippen LogP) is 3.37. The van der Waals surface area contributed by atoms with Crippen molar-refractivity contribution >= 4 is 41.1 Å². The molecule has 13 heteroatoms. The number of aromatic nitrogens is 5. The van der Waals surface area contributed by atoms with Gasteiger partial charge in [0, 0.05) is 11.1 Å². The lowest BCUT2D eigenvalue weighted by Gasteiger charge is -2.07. The van der Waals surface area contributed by atoms with E-state index in [4.69, 9.17) is 33.7 Å². The van der Waals surface area contributed by atoms with Crippen LogP contribution in [0.15, 0.2) is 52.2 Å². The number of carbonyl (C=O) groups excluding carboxylic acids is 1. The summed E-state index contributed by atoms with van der Waals surface area (Å²) in [5.41, 5.74) is 9.52. The number of nitrogen functional groups attached to an aromatic ring is 1. The average Bonchev–Trinajstić information content (AvgIpc) is 3.42. The van der Waals surface area contributed by atoms with E-state index < -0.39 is 5.91 Å². The van der Waals surface area contributed by atoms with Crippen LogP contribution in [-0.2, 0) is 0 Å². The number of ether oxygens (including phenoxy) is 1. The highest BCUT2D eigenvalue weighted by Gasteiger charge is 2.25. The summed E-state index contributed by atoms with van der Waals surface area (Å²) in [6, 6.07) is 12.0. The van der Waals surface area contributed by atoms with Gasteiger partial charge in [-0.25, -0.2) is 10.1 Å². The van der Waals surface area contributed by atoms with Crippen LogP contribution in [0.25, 0.3) is 17.1 Å². The highest BCUT2D eigenvalue weighted by molar-refractivity contribution is 6.38. The maximum absolute atomic E-state index is 12.9. The van der Waals surface area contributed by atoms with Crippen LogP contribution >= 0.6 is 23.2 Å². The first-order chi connectivity index (χ1) is 16.0. The zero-order valence-corrected chi connectivity index (χ0v) is 18.6. The van der Waals surface area contributed by atoms with Gasteiger partial charge in [0.05, 0.1) is 22.9 Å². The van der Waals surface area contributed by atoms with Gasteiger partial charge in [0.25, 0.3) is 5.91 Å². The molecule has 0 radical (unpaired) electrons. The number of benzene rings is 2. The van der Waals surface area contributed by atoms with Crippen LogP contribution in [0, 0.1) is 0 Å². The number of nitrogens with zero attached hydrogens (tertiary/aromatic N) is 6. The molecule has 1 amide bonds. The molecule has 0 saturated carbocycles. The van der Waals surface area contributed by atoms with Crippen molar-refractivity contribution in [3.8, 4) is 22.8 Å². The summed E-state index contributed by atoms with van der Waals surface area (Å²) in [5.74, 6) is 0.0805. The zero-order valence-electron chi connectivity index (χ0n) is 17.1. The van der Waals surface area contributed by atoms with Gasteiger partial charge in [-0.05, 0) is 53.6 Å². The molecule has 0 spiro atoms. The minimum absolute atomic E-state index is 0.0228. The Morgan fingerprint density at radius 1 is 1.21 bits per heavy atom. The van der Waals surface area contributed by atoms with Gasteiger partial charge in [0.2, 0.25) is 11.6 Å². The third-order valence-electron chi connectivity index (χ3n) is 4.38. The first-order valence-electron chi connectivity index (χ1n) is 9.54. The fourth-order valence-electron chi connectivity index (χ4n) is 2.90. The molecule has 33 heavy (non-hydrogen) atoms. The van der Waals surface area contributed by atoms with Gasteiger partial charge in [0.1, 0.15) is 11.4 Å². The summed E-state index contributed by atoms with van der Waals surface area (Å²) >= 11 is 12.2. The fourth-order valence-corrected chi connectivity index (χ4v) is 3.39. The molecule has 2 aromatic carbocycles. The molecule has 3 N–H and O–H groups in total. The molecule has 168 valence electrons. The maximum atomic E-state index is 12.9. The SMILES string of the molecule is CCOc1ccc(-c2c(C(=O)N/N=C\c3c(Cl)cccc3Cl)nnn2-c2nonc2N)cc1. The van der Waals surface area contributed by atoms with E-state index in [9.17, 15) is 4.79 Å². The van der Waals surface area contributed by atoms with Crippen LogP contribution in [0.2, 0.25) is 10.0 Å². The molecule has 4 rings (SSSR count). The summed E-state index contributed by atoms with van der Waals surface area (Å²) in [5, 5.41) is 20.0. The van der Waals surface area contributed by atoms with Crippen LogP contribution < -0.4 is 15.9 Å². The monoisotopic (exact) mass is 486 g/mol. The van der Waals surface area contributed by atoms with E-state index in [1.807, 2.05) is 6.92 Å². The third-order valence-corrected chi connectivity index (χ3v) is 5.04. The van der Waals surface area contributed by atoms with E-state index in [0.717, 1.165) is 0 Å². The smallest absolute Gasteiger partial charge is 0.294 e. The number of hydrogen-bond donors (Lipinski definition) is 2. The minimum atomic E-state index is -0.639. The Bertz CT molecular complexity index is 1300. The Kier molecular flexibility index (Phi) is 6.52. The van der Waals surface area contributed by atoms with Crippen LogP contribution in [0.4, 0.5) is 5.82 Å². The second-order valence-corrected chi connectivity index (χ2v) is 7.28. The lowest BCUT2D eigenvalue weighted by Crippen LogP contribution is -2.19. The van der Waals surface area contributed by atoms with Crippen molar-refractivity contribution in [3.05, 3.63) is 63.8 Å². The largest absolute Gasteiger partial charge is 0.494 e. The molecule has 0 unspecified atom stereocenters. The van der Waals surface area contributed by atoms with Gasteiger partial charge < -0.3 is 10.5 Å². The van der Waals surface area contributed by atoms with Crippen LogP contribution in [-0.4, -0.2) is 44.0 Å². The molecular weight excluding hydrogens is 471 g/mol. The molecular formula is C20H16Cl2N8O3. The summed E-state index contributed by atoms with van der Waals surface area (Å²) in [6.45, 7) is 2.40. The van der Waals surface area contributed by atoms with Crippen molar-refractivity contribution < 1.29 is 14.2 Å². The predicted molar refractivity (Wildman–Crippen MR) is 122 cm³/mol. The molecule has 0 fully saturated rings. The lowest BCUT2D eigenvalue weighted by atomic mass is 10.1. The molecule has 2 heterocycles. The van der Waals surface area contributed by atoms with Crippen LogP contribution in [0.5, 0.6) is 5.75 Å². The topological polar surface area (TPSA) is 146 Å². The van der Waals surface area contributed by atoms with Crippen molar-refractivity contribution in [2.45, 2.75) is 6.92 Å². The van der Waals surface area contributed by atoms with Gasteiger partial charge in [-0.15, -0.1) is 5.10 Å². The summed E-state index contributed by atoms with van der Waals surface area (Å²) < 4.78 is 11.4. The molecule has 0 aliphatic rings. The summed E-state index contributed by atoms with van der Waals surface area (Å²) in [7, 11) is 0. The standard InChI is InChI=1S/C20H16Cl2N8O3/c1-2-32-12-8-6-11(7-9-12)17-16(25-29-30(17)19-18(23)27-33-28-19)20(31)26-24-10-13-14(21)4-3-5-15(13)22/h3-10H,2H2,1H3,(H2,23,27)(H,26,31)/b24-10-. The highest BCUT2D eigenvalue weighted by atomic mass is 35.5. The summed E-state index contributed by atoms with van der Waals surface area (Å²) in [6.07, 6.45) is 1.34. The lowest BCUT2D eigenvalue weighted by molar-refractivity contribution is 0.0950. The van der Waals surface area contributed by atoms with E-state index in [1.165, 1.54) is 10.9 Å². The van der Waals surface area contributed by atoms with Gasteiger partial charge in [-0.2, -0.15) is 9.78 Å². The van der Waals surface area contributed by atoms with Crippen LogP contribution in [0.1, 0.15) is 23.0 Å². The third kappa shape index (κ3) is 4.64. The molecule has 0 bridgehead atoms. The number of rotatable bonds is 7. The number of hydrogen-bond acceptors (Lipinski definition) is 9. The Labute approximate surface area is 197 Å². The Morgan fingerprint density at radius 3 is 2.58 bits per heavy atom. The molecule has 0 aliphatic carbocycles. The number of halogens is 2. The Balaban J connectivity index is 1.69. The molecule has 4 aromatic rings. The van der Waals surface area contributed by atoms with Crippen molar-refractivity contribution in [2.24, 2.45) is 5.10 Å². The first-order valence-corrected chi connectivity index (χ1v) is 10.3. The van der Waals surface area contributed by atoms with Gasteiger partial charge in [0.15, 0.2) is 5.69 Å². The van der Waals surface area contributed by atoms with E-state index in [1.54, 1.807) is 42.5 Å². The van der Waals surface area contributed by atoms with Gasteiger partial charge in [-0.1, -0.05) is 34.5 Å². The summed E-state index contributed by atoms with van der Waals surface area (Å²) in [4.78, 5) is 12.9. The molecule has 0 saturated heterocycles. The van der Waals surface area contributed by atoms with Crippen molar-refractivity contribution in [1.82, 2.24) is 30.7 Å². The van der Waals surface area contributed by atoms with Crippen molar-refractivity contribution in [3.63, 3.8) is 0 Å². The fraction of sp³-hybridized carbons (Fsp3) is 0.100. The maximum Gasteiger partial charge on any atom is 0.294 e. The first kappa shape index (κ1) is 22.2. The normalized spacial score (nSPS) is 11.1. The van der Waals surface area contributed by atoms with E-state index in [2.05, 4.69) is 35.8 Å². The number of hydrazone groups is 1. The second kappa shape index (κ2) is 9.67. The number of nitrogens with two attached hydrogens (primary N) is 1. The number of anilines is 1. The quantitative estimate of drug-likeness (QED) is 0.298. The number of amides is 1. The molecule has 11 nitrogen and oxygen atoms in total. The second-order valence-electron chi connectivity index (χ2n) is 6.46. The average molecular weight is 487 g/mol. The highest BCUT2D eigenvalue weighted by Crippen LogP contribution is 2.28. The van der Waals surface area contributed by atoms with Gasteiger partial charge in [-0.3, -0.25) is 4.79 Å². The van der Waals surface area contributed by atoms with Crippen LogP contribution in [0.3, 0.4) is 0 Å². The molecule has 0 aliphatic heterocycles. The Hall–Kier alpha value is -3.96. The van der Waals surface area contributed by atoms with Crippen molar-refractivity contribution in [2.75, 3.05) is 12.3 Å². The van der Waals surface area contributed by atoms with E-state index in [0.29, 0.717) is 39.2 Å². The van der Waals surface area contributed by atoms with E-state index >= 15 is 0 Å². The molecule has 2 aromatic heterocycles.